The van der Waals surface area contributed by atoms with Gasteiger partial charge in [0.05, 0.1) is 68.6 Å². The maximum Gasteiger partial charge on any atom is 0.410 e. The molecule has 0 unspecified atom stereocenters. The molecule has 24 nitrogen and oxygen atoms in total. The van der Waals surface area contributed by atoms with Crippen LogP contribution in [0.1, 0.15) is 135 Å². The van der Waals surface area contributed by atoms with Gasteiger partial charge in [-0.25, -0.2) is 24.4 Å². The molecular formula is C52H79N15O9. The number of carbonyl (C=O) groups is 5. The van der Waals surface area contributed by atoms with Crippen LogP contribution >= 0.6 is 0 Å². The van der Waals surface area contributed by atoms with Crippen LogP contribution in [0.4, 0.5) is 31.4 Å². The zero-order chi connectivity index (χ0) is 58.1. The van der Waals surface area contributed by atoms with Crippen LogP contribution in [0.25, 0.3) is 22.1 Å². The van der Waals surface area contributed by atoms with Crippen LogP contribution in [0.15, 0.2) is 73.8 Å². The molecule has 13 N–H and O–H groups in total. The molecule has 0 bridgehead atoms. The third kappa shape index (κ3) is 23.8. The Morgan fingerprint density at radius 2 is 0.947 bits per heavy atom. The zero-order valence-corrected chi connectivity index (χ0v) is 46.9. The van der Waals surface area contributed by atoms with Gasteiger partial charge in [-0.15, -0.1) is 0 Å². The van der Waals surface area contributed by atoms with Gasteiger partial charge in [0.2, 0.25) is 0 Å². The first-order valence-electron chi connectivity index (χ1n) is 23.9. The predicted molar refractivity (Wildman–Crippen MR) is 292 cm³/mol. The highest BCUT2D eigenvalue weighted by Crippen LogP contribution is 2.22. The van der Waals surface area contributed by atoms with Crippen LogP contribution in [0.3, 0.4) is 0 Å². The molecule has 0 fully saturated rings. The number of hydrogen-bond donors (Lipinski definition) is 9. The lowest BCUT2D eigenvalue weighted by atomic mass is 9.94. The topological polar surface area (TPSA) is 371 Å². The Hall–Kier alpha value is -8.15. The summed E-state index contributed by atoms with van der Waals surface area (Å²) in [6, 6.07) is 6.98. The van der Waals surface area contributed by atoms with Crippen molar-refractivity contribution in [2.24, 2.45) is 5.73 Å². The van der Waals surface area contributed by atoms with Crippen LogP contribution in [-0.4, -0.2) is 98.5 Å². The number of anilines is 3. The number of rotatable bonds is 10. The van der Waals surface area contributed by atoms with Gasteiger partial charge in [-0.2, -0.15) is 0 Å². The number of H-pyrrole nitrogens is 2. The van der Waals surface area contributed by atoms with Crippen LogP contribution in [0.2, 0.25) is 0 Å². The second-order valence-electron chi connectivity index (χ2n) is 22.2. The van der Waals surface area contributed by atoms with Gasteiger partial charge < -0.3 is 62.5 Å². The lowest BCUT2D eigenvalue weighted by Gasteiger charge is -2.27. The highest BCUT2D eigenvalue weighted by atomic mass is 16.6. The van der Waals surface area contributed by atoms with Gasteiger partial charge in [-0.1, -0.05) is 0 Å². The normalized spacial score (nSPS) is 11.8. The molecule has 6 aromatic rings. The van der Waals surface area contributed by atoms with Gasteiger partial charge >= 0.3 is 18.3 Å². The van der Waals surface area contributed by atoms with Crippen molar-refractivity contribution >= 4 is 69.7 Å². The number of carbonyl (C=O) groups excluding carboxylic acids is 5. The Kier molecular flexibility index (Phi) is 22.2. The minimum Gasteiger partial charge on any atom is -0.444 e. The quantitative estimate of drug-likeness (QED) is 0.0362. The summed E-state index contributed by atoms with van der Waals surface area (Å²) in [6.45, 7) is 30.2. The Balaban J connectivity index is 0.000000335. The Labute approximate surface area is 444 Å². The van der Waals surface area contributed by atoms with E-state index in [0.29, 0.717) is 28.5 Å². The monoisotopic (exact) mass is 1060 g/mol. The molecule has 0 saturated carbocycles. The lowest BCUT2D eigenvalue weighted by Crippen LogP contribution is -2.51. The number of nitrogens with two attached hydrogens (primary N) is 4. The van der Waals surface area contributed by atoms with E-state index in [9.17, 15) is 24.0 Å². The van der Waals surface area contributed by atoms with Crippen molar-refractivity contribution < 1.29 is 42.9 Å². The van der Waals surface area contributed by atoms with E-state index in [4.69, 9.17) is 37.1 Å². The summed E-state index contributed by atoms with van der Waals surface area (Å²) in [7, 11) is 0. The Morgan fingerprint density at radius 3 is 1.36 bits per heavy atom. The van der Waals surface area contributed by atoms with Crippen molar-refractivity contribution in [3.8, 4) is 0 Å². The highest BCUT2D eigenvalue weighted by molar-refractivity contribution is 5.93. The molecule has 24 heteroatoms. The third-order valence-corrected chi connectivity index (χ3v) is 9.42. The van der Waals surface area contributed by atoms with Crippen molar-refractivity contribution in [2.45, 2.75) is 163 Å². The summed E-state index contributed by atoms with van der Waals surface area (Å²) >= 11 is 0. The molecule has 0 aromatic carbocycles. The number of imidazole rings is 2. The molecule has 6 aromatic heterocycles. The molecule has 76 heavy (non-hydrogen) atoms. The molecule has 6 rings (SSSR count). The van der Waals surface area contributed by atoms with Gasteiger partial charge in [0, 0.05) is 48.7 Å². The first-order chi connectivity index (χ1) is 34.7. The van der Waals surface area contributed by atoms with Crippen LogP contribution in [-0.2, 0) is 46.0 Å². The van der Waals surface area contributed by atoms with E-state index < -0.39 is 57.4 Å². The van der Waals surface area contributed by atoms with Crippen molar-refractivity contribution in [3.63, 3.8) is 0 Å². The third-order valence-electron chi connectivity index (χ3n) is 9.42. The zero-order valence-electron chi connectivity index (χ0n) is 46.9. The minimum absolute atomic E-state index is 0.0997. The number of nitrogens with zero attached hydrogens (tertiary/aromatic N) is 6. The number of ether oxygens (including phenoxy) is 4. The molecule has 0 aliphatic heterocycles. The van der Waals surface area contributed by atoms with Crippen molar-refractivity contribution in [3.05, 3.63) is 91.1 Å². The number of aromatic nitrogens is 8. The van der Waals surface area contributed by atoms with E-state index in [0.717, 1.165) is 27.9 Å². The van der Waals surface area contributed by atoms with E-state index in [1.165, 1.54) is 6.20 Å². The van der Waals surface area contributed by atoms with E-state index in [1.54, 1.807) is 125 Å². The van der Waals surface area contributed by atoms with Crippen molar-refractivity contribution in [1.29, 1.82) is 0 Å². The van der Waals surface area contributed by atoms with Gasteiger partial charge in [-0.3, -0.25) is 34.8 Å². The fourth-order valence-corrected chi connectivity index (χ4v) is 5.66. The summed E-state index contributed by atoms with van der Waals surface area (Å²) in [6.07, 6.45) is 11.5. The number of hydrogen-bond acceptors (Lipinski definition) is 19. The largest absolute Gasteiger partial charge is 0.444 e. The van der Waals surface area contributed by atoms with Gasteiger partial charge in [0.25, 0.3) is 6.47 Å². The summed E-state index contributed by atoms with van der Waals surface area (Å²) in [5, 5.41) is 7.79. The standard InChI is InChI=1S/C15H23N3O3.C14H20N4O2.C9H12N4.C9H17NO4.C5H7N3/c1-14(2,3)21-13(20)18-15(4,5)12(19)8-10-9-17-7-6-11(10)16;1-13(2,3)20-12(19)18-14(4,5)11-16-9-6-7-15-8-10(9)17-11;1-9(2,10)8-12-6-3-4-11-5-7(6)13-8;1-8(2,3)14-7(12)10-9(4,5)13-6-11;6-4-1-2-8-3-5(4)7/h6-7,9H,8H2,1-5H3,(H2,16,17)(H,18,20);6-8H,1-5H3,(H,16,17)(H,18,19);3-5H,10H2,1-2H3,(H,12,13);6H,1-5H3,(H,10,12);1-3H,7H2,(H2,6,8). The number of Topliss-reactive ketones (excluding diaryl/α,β-unsaturated/α-hetero) is 1. The maximum absolute atomic E-state index is 12.3. The lowest BCUT2D eigenvalue weighted by molar-refractivity contribution is -0.142. The molecule has 0 radical (unpaired) electrons. The number of amides is 3. The number of ketones is 1. The summed E-state index contributed by atoms with van der Waals surface area (Å²) in [4.78, 5) is 88.1. The first-order valence-corrected chi connectivity index (χ1v) is 23.9. The molecule has 0 saturated heterocycles. The molecule has 0 aliphatic carbocycles. The number of nitrogens with one attached hydrogen (secondary N) is 5. The summed E-state index contributed by atoms with van der Waals surface area (Å²) < 4.78 is 20.0. The van der Waals surface area contributed by atoms with Gasteiger partial charge in [0.15, 0.2) is 11.5 Å². The first kappa shape index (κ1) is 64.0. The van der Waals surface area contributed by atoms with E-state index in [1.807, 2.05) is 60.6 Å². The molecule has 416 valence electrons. The second-order valence-corrected chi connectivity index (χ2v) is 22.2. The number of fused-ring (bicyclic) bond motifs is 2. The number of aromatic amines is 2. The predicted octanol–water partition coefficient (Wildman–Crippen LogP) is 7.61. The van der Waals surface area contributed by atoms with Crippen LogP contribution in [0.5, 0.6) is 0 Å². The molecule has 0 aliphatic rings. The maximum atomic E-state index is 12.3. The average Bonchev–Trinajstić information content (AvgIpc) is 3.90. The fraction of sp³-hybridized carbons (Fsp3) is 0.481. The van der Waals surface area contributed by atoms with E-state index in [-0.39, 0.29) is 18.7 Å². The number of pyridine rings is 4. The van der Waals surface area contributed by atoms with E-state index >= 15 is 0 Å². The molecule has 3 amide bonds. The number of nitrogen functional groups attached to an aromatic ring is 3. The number of alkyl carbamates (subject to hydrolysis) is 3. The van der Waals surface area contributed by atoms with Crippen molar-refractivity contribution in [1.82, 2.24) is 55.8 Å². The highest BCUT2D eigenvalue weighted by Gasteiger charge is 2.32. The Morgan fingerprint density at radius 1 is 0.539 bits per heavy atom. The van der Waals surface area contributed by atoms with E-state index in [2.05, 4.69) is 60.6 Å². The SMILES string of the molecule is CC(C)(C)OC(=O)NC(C)(C)C(=O)Cc1cnccc1N.CC(C)(C)OC(=O)NC(C)(C)OC=O.CC(C)(C)OC(=O)NC(C)(C)c1nc2ccncc2[nH]1.CC(C)(N)c1nc2ccncc2[nH]1.Nc1ccncc1N. The average molecular weight is 1060 g/mol. The van der Waals surface area contributed by atoms with Crippen LogP contribution in [0, 0.1) is 0 Å². The molecule has 0 spiro atoms. The molecule has 0 atom stereocenters. The minimum atomic E-state index is -1.05. The second kappa shape index (κ2) is 26.4. The molecular weight excluding hydrogens is 979 g/mol. The van der Waals surface area contributed by atoms with Crippen molar-refractivity contribution in [2.75, 3.05) is 17.2 Å². The van der Waals surface area contributed by atoms with Crippen LogP contribution < -0.4 is 38.9 Å². The summed E-state index contributed by atoms with van der Waals surface area (Å²) in [5.74, 6) is 1.27. The Bertz CT molecular complexity index is 2760. The van der Waals surface area contributed by atoms with Gasteiger partial charge in [-0.05, 0) is 142 Å². The summed E-state index contributed by atoms with van der Waals surface area (Å²) in [5.41, 5.74) is 23.2. The smallest absolute Gasteiger partial charge is 0.410 e. The fourth-order valence-electron chi connectivity index (χ4n) is 5.66. The molecule has 6 heterocycles. The van der Waals surface area contributed by atoms with Gasteiger partial charge in [0.1, 0.15) is 28.5 Å².